The summed E-state index contributed by atoms with van der Waals surface area (Å²) in [5.41, 5.74) is 0.127. The highest BCUT2D eigenvalue weighted by molar-refractivity contribution is 7.98. The van der Waals surface area contributed by atoms with Crippen molar-refractivity contribution in [3.8, 4) is 0 Å². The molecule has 1 aromatic heterocycles. The Morgan fingerprint density at radius 1 is 1.31 bits per heavy atom. The molecule has 0 fully saturated rings. The third-order valence-corrected chi connectivity index (χ3v) is 3.36. The molecule has 0 aliphatic carbocycles. The number of thioether (sulfide) groups is 1. The summed E-state index contributed by atoms with van der Waals surface area (Å²) in [4.78, 5) is 7.85. The van der Waals surface area contributed by atoms with Crippen molar-refractivity contribution in [2.24, 2.45) is 0 Å². The Morgan fingerprint density at radius 2 is 1.81 bits per heavy atom. The van der Waals surface area contributed by atoms with Gasteiger partial charge >= 0.3 is 0 Å². The van der Waals surface area contributed by atoms with Crippen LogP contribution in [0, 0.1) is 0 Å². The average molecular weight is 301 g/mol. The zero-order valence-corrected chi connectivity index (χ0v) is 11.5. The standard InChI is InChI=1S/C8H10Cl2N2O2S2/c1-16-8-11-6(9)4(7(10)12-8)5(14)3(13)2-15/h3,5,13-15H,2H2,1H3. The monoisotopic (exact) mass is 300 g/mol. The number of aromatic nitrogens is 2. The summed E-state index contributed by atoms with van der Waals surface area (Å²) >= 11 is 16.9. The Bertz CT molecular complexity index is 358. The largest absolute Gasteiger partial charge is 0.389 e. The highest BCUT2D eigenvalue weighted by Gasteiger charge is 2.24. The summed E-state index contributed by atoms with van der Waals surface area (Å²) in [6.45, 7) is 0. The van der Waals surface area contributed by atoms with Crippen molar-refractivity contribution >= 4 is 47.6 Å². The summed E-state index contributed by atoms with van der Waals surface area (Å²) < 4.78 is 0. The van der Waals surface area contributed by atoms with Gasteiger partial charge in [-0.05, 0) is 6.26 Å². The minimum Gasteiger partial charge on any atom is -0.389 e. The Balaban J connectivity index is 3.14. The molecule has 0 radical (unpaired) electrons. The van der Waals surface area contributed by atoms with Crippen molar-refractivity contribution in [3.63, 3.8) is 0 Å². The molecule has 2 N–H and O–H groups in total. The molecule has 16 heavy (non-hydrogen) atoms. The fraction of sp³-hybridized carbons (Fsp3) is 0.500. The van der Waals surface area contributed by atoms with E-state index in [1.165, 1.54) is 11.8 Å². The number of aliphatic hydroxyl groups excluding tert-OH is 2. The number of hydrogen-bond donors (Lipinski definition) is 3. The van der Waals surface area contributed by atoms with E-state index in [0.717, 1.165) is 0 Å². The van der Waals surface area contributed by atoms with Crippen molar-refractivity contribution < 1.29 is 10.2 Å². The average Bonchev–Trinajstić information content (AvgIpc) is 2.26. The predicted molar refractivity (Wildman–Crippen MR) is 68.7 cm³/mol. The topological polar surface area (TPSA) is 66.2 Å². The van der Waals surface area contributed by atoms with Crippen molar-refractivity contribution in [1.82, 2.24) is 9.97 Å². The van der Waals surface area contributed by atoms with Gasteiger partial charge in [0.25, 0.3) is 0 Å². The molecule has 0 saturated carbocycles. The highest BCUT2D eigenvalue weighted by atomic mass is 35.5. The van der Waals surface area contributed by atoms with Crippen molar-refractivity contribution in [3.05, 3.63) is 15.9 Å². The van der Waals surface area contributed by atoms with Gasteiger partial charge < -0.3 is 10.2 Å². The quantitative estimate of drug-likeness (QED) is 0.343. The van der Waals surface area contributed by atoms with E-state index < -0.39 is 12.2 Å². The van der Waals surface area contributed by atoms with Gasteiger partial charge in [0.05, 0.1) is 11.7 Å². The van der Waals surface area contributed by atoms with E-state index in [4.69, 9.17) is 23.2 Å². The Morgan fingerprint density at radius 3 is 2.19 bits per heavy atom. The van der Waals surface area contributed by atoms with Gasteiger partial charge in [0.15, 0.2) is 5.16 Å². The second-order valence-corrected chi connectivity index (χ2v) is 4.75. The van der Waals surface area contributed by atoms with E-state index >= 15 is 0 Å². The maximum absolute atomic E-state index is 9.76. The first-order valence-electron chi connectivity index (χ1n) is 4.25. The molecule has 1 rings (SSSR count). The number of halogens is 2. The molecule has 0 amide bonds. The van der Waals surface area contributed by atoms with E-state index in [1.54, 1.807) is 6.26 Å². The van der Waals surface area contributed by atoms with Crippen LogP contribution in [0.25, 0.3) is 0 Å². The molecule has 0 aliphatic heterocycles. The van der Waals surface area contributed by atoms with E-state index in [-0.39, 0.29) is 21.6 Å². The lowest BCUT2D eigenvalue weighted by molar-refractivity contribution is 0.0333. The first-order chi connectivity index (χ1) is 7.51. The van der Waals surface area contributed by atoms with E-state index in [1.807, 2.05) is 0 Å². The van der Waals surface area contributed by atoms with Crippen molar-refractivity contribution in [1.29, 1.82) is 0 Å². The van der Waals surface area contributed by atoms with Gasteiger partial charge in [-0.1, -0.05) is 35.0 Å². The Kier molecular flexibility index (Phi) is 5.63. The summed E-state index contributed by atoms with van der Waals surface area (Å²) in [5, 5.41) is 19.7. The van der Waals surface area contributed by atoms with Crippen LogP contribution in [0.5, 0.6) is 0 Å². The molecule has 0 spiro atoms. The second-order valence-electron chi connectivity index (χ2n) is 2.90. The van der Waals surface area contributed by atoms with Crippen LogP contribution in [0.4, 0.5) is 0 Å². The molecule has 0 aliphatic rings. The first-order valence-corrected chi connectivity index (χ1v) is 6.86. The Labute approximate surface area is 113 Å². The van der Waals surface area contributed by atoms with Gasteiger partial charge in [0.1, 0.15) is 16.4 Å². The minimum atomic E-state index is -1.24. The molecule has 8 heteroatoms. The number of nitrogens with zero attached hydrogens (tertiary/aromatic N) is 2. The second kappa shape index (κ2) is 6.28. The van der Waals surface area contributed by atoms with Gasteiger partial charge in [-0.3, -0.25) is 0 Å². The number of hydrogen-bond acceptors (Lipinski definition) is 6. The highest BCUT2D eigenvalue weighted by Crippen LogP contribution is 2.31. The van der Waals surface area contributed by atoms with Crippen LogP contribution in [0.1, 0.15) is 11.7 Å². The smallest absolute Gasteiger partial charge is 0.190 e. The molecule has 0 bridgehead atoms. The third kappa shape index (κ3) is 3.15. The van der Waals surface area contributed by atoms with Gasteiger partial charge in [-0.2, -0.15) is 12.6 Å². The van der Waals surface area contributed by atoms with Gasteiger partial charge in [-0.15, -0.1) is 0 Å². The van der Waals surface area contributed by atoms with E-state index in [9.17, 15) is 10.2 Å². The SMILES string of the molecule is CSc1nc(Cl)c(C(O)C(O)CS)c(Cl)n1. The van der Waals surface area contributed by atoms with Crippen LogP contribution < -0.4 is 0 Å². The maximum Gasteiger partial charge on any atom is 0.190 e. The molecular formula is C8H10Cl2N2O2S2. The molecule has 4 nitrogen and oxygen atoms in total. The van der Waals surface area contributed by atoms with Gasteiger partial charge in [0, 0.05) is 5.75 Å². The van der Waals surface area contributed by atoms with Crippen LogP contribution >= 0.6 is 47.6 Å². The zero-order valence-electron chi connectivity index (χ0n) is 8.26. The molecular weight excluding hydrogens is 291 g/mol. The normalized spacial score (nSPS) is 14.9. The fourth-order valence-electron chi connectivity index (χ4n) is 1.03. The van der Waals surface area contributed by atoms with Crippen LogP contribution in [0.15, 0.2) is 5.16 Å². The molecule has 2 atom stereocenters. The molecule has 90 valence electrons. The van der Waals surface area contributed by atoms with Gasteiger partial charge in [0.2, 0.25) is 0 Å². The molecule has 2 unspecified atom stereocenters. The van der Waals surface area contributed by atoms with Gasteiger partial charge in [-0.25, -0.2) is 9.97 Å². The zero-order chi connectivity index (χ0) is 12.3. The summed E-state index contributed by atoms with van der Waals surface area (Å²) in [6.07, 6.45) is -0.531. The maximum atomic E-state index is 9.76. The third-order valence-electron chi connectivity index (χ3n) is 1.86. The minimum absolute atomic E-state index is 0.0395. The molecule has 0 saturated heterocycles. The molecule has 0 aromatic carbocycles. The summed E-state index contributed by atoms with van der Waals surface area (Å²) in [7, 11) is 0. The predicted octanol–water partition coefficient (Wildman–Crippen LogP) is 1.83. The van der Waals surface area contributed by atoms with Crippen LogP contribution in [-0.4, -0.2) is 38.3 Å². The Hall–Kier alpha value is 0.280. The van der Waals surface area contributed by atoms with E-state index in [2.05, 4.69) is 22.6 Å². The van der Waals surface area contributed by atoms with Crippen molar-refractivity contribution in [2.75, 3.05) is 12.0 Å². The number of aliphatic hydroxyl groups is 2. The van der Waals surface area contributed by atoms with E-state index in [0.29, 0.717) is 5.16 Å². The van der Waals surface area contributed by atoms with Crippen LogP contribution in [0.3, 0.4) is 0 Å². The lowest BCUT2D eigenvalue weighted by atomic mass is 10.1. The summed E-state index contributed by atoms with van der Waals surface area (Å²) in [6, 6.07) is 0. The first kappa shape index (κ1) is 14.3. The van der Waals surface area contributed by atoms with Crippen LogP contribution in [0.2, 0.25) is 10.3 Å². The molecule has 1 heterocycles. The summed E-state index contributed by atoms with van der Waals surface area (Å²) in [5.74, 6) is 0.0815. The van der Waals surface area contributed by atoms with Crippen LogP contribution in [-0.2, 0) is 0 Å². The lowest BCUT2D eigenvalue weighted by Crippen LogP contribution is -2.21. The van der Waals surface area contributed by atoms with Crippen molar-refractivity contribution in [2.45, 2.75) is 17.4 Å². The number of thiol groups is 1. The molecule has 1 aromatic rings. The number of rotatable bonds is 4. The fourth-order valence-corrected chi connectivity index (χ4v) is 2.30. The lowest BCUT2D eigenvalue weighted by Gasteiger charge is -2.17.